The second-order valence-electron chi connectivity index (χ2n) is 8.09. The van der Waals surface area contributed by atoms with E-state index in [1.165, 1.54) is 6.07 Å². The van der Waals surface area contributed by atoms with Crippen molar-refractivity contribution in [2.75, 3.05) is 43.1 Å². The number of piperazine rings is 1. The van der Waals surface area contributed by atoms with Crippen LogP contribution in [0.5, 0.6) is 5.75 Å². The Hall–Kier alpha value is -3.16. The molecule has 1 N–H and O–H groups in total. The van der Waals surface area contributed by atoms with Gasteiger partial charge in [-0.25, -0.2) is 0 Å². The Morgan fingerprint density at radius 2 is 2.06 bits per heavy atom. The second kappa shape index (κ2) is 8.76. The number of hydrogen-bond donors (Lipinski definition) is 1. The summed E-state index contributed by atoms with van der Waals surface area (Å²) in [5.41, 5.74) is 1.65. The van der Waals surface area contributed by atoms with Crippen molar-refractivity contribution in [3.63, 3.8) is 0 Å². The quantitative estimate of drug-likeness (QED) is 0.710. The van der Waals surface area contributed by atoms with E-state index in [4.69, 9.17) is 4.74 Å². The minimum absolute atomic E-state index is 0.163. The monoisotopic (exact) mass is 445 g/mol. The summed E-state index contributed by atoms with van der Waals surface area (Å²) >= 11 is 0. The molecular weight excluding hydrogens is 419 g/mol. The second-order valence-corrected chi connectivity index (χ2v) is 8.09. The fourth-order valence-corrected chi connectivity index (χ4v) is 4.64. The molecule has 2 atom stereocenters. The summed E-state index contributed by atoms with van der Waals surface area (Å²) < 4.78 is 45.2. The fourth-order valence-electron chi connectivity index (χ4n) is 4.64. The molecule has 8 heteroatoms. The number of benzene rings is 2. The van der Waals surface area contributed by atoms with Gasteiger partial charge in [-0.1, -0.05) is 12.1 Å². The molecule has 2 aromatic carbocycles. The highest BCUT2D eigenvalue weighted by molar-refractivity contribution is 5.82. The third-order valence-electron chi connectivity index (χ3n) is 6.22. The zero-order chi connectivity index (χ0) is 22.9. The van der Waals surface area contributed by atoms with Crippen LogP contribution in [0.25, 0.3) is 0 Å². The summed E-state index contributed by atoms with van der Waals surface area (Å²) in [6.45, 7) is 5.82. The minimum Gasteiger partial charge on any atom is -0.497 e. The molecule has 0 saturated carbocycles. The van der Waals surface area contributed by atoms with Crippen molar-refractivity contribution in [2.45, 2.75) is 18.6 Å². The fraction of sp³-hybridized carbons (Fsp3) is 0.375. The zero-order valence-corrected chi connectivity index (χ0v) is 17.9. The summed E-state index contributed by atoms with van der Waals surface area (Å²) in [7, 11) is 1.62. The van der Waals surface area contributed by atoms with Gasteiger partial charge in [0.15, 0.2) is 0 Å². The predicted molar refractivity (Wildman–Crippen MR) is 118 cm³/mol. The van der Waals surface area contributed by atoms with Gasteiger partial charge in [0, 0.05) is 43.6 Å². The summed E-state index contributed by atoms with van der Waals surface area (Å²) in [6, 6.07) is 11.4. The van der Waals surface area contributed by atoms with Crippen LogP contribution in [0, 0.1) is 5.92 Å². The molecule has 0 spiro atoms. The van der Waals surface area contributed by atoms with E-state index in [1.54, 1.807) is 19.3 Å². The van der Waals surface area contributed by atoms with Crippen LogP contribution in [0.1, 0.15) is 11.1 Å². The largest absolute Gasteiger partial charge is 0.497 e. The number of nitrogens with one attached hydrogen (secondary N) is 1. The maximum atomic E-state index is 13.3. The highest BCUT2D eigenvalue weighted by Crippen LogP contribution is 2.40. The first kappa shape index (κ1) is 22.0. The molecule has 0 radical (unpaired) electrons. The lowest BCUT2D eigenvalue weighted by molar-refractivity contribution is -0.137. The Bertz CT molecular complexity index is 1010. The predicted octanol–water partition coefficient (Wildman–Crippen LogP) is 3.88. The van der Waals surface area contributed by atoms with Gasteiger partial charge in [0.05, 0.1) is 24.6 Å². The molecule has 2 aliphatic heterocycles. The number of methoxy groups -OCH3 is 1. The molecule has 0 aromatic heterocycles. The van der Waals surface area contributed by atoms with E-state index in [2.05, 4.69) is 21.7 Å². The third kappa shape index (κ3) is 4.26. The van der Waals surface area contributed by atoms with Gasteiger partial charge in [-0.15, -0.1) is 6.58 Å². The molecular formula is C24H26F3N3O2. The highest BCUT2D eigenvalue weighted by Gasteiger charge is 2.42. The average molecular weight is 445 g/mol. The molecule has 1 amide bonds. The Kier molecular flexibility index (Phi) is 6.04. The first-order valence-corrected chi connectivity index (χ1v) is 10.6. The first-order chi connectivity index (χ1) is 15.3. The van der Waals surface area contributed by atoms with Crippen molar-refractivity contribution in [1.29, 1.82) is 0 Å². The average Bonchev–Trinajstić information content (AvgIpc) is 2.80. The van der Waals surface area contributed by atoms with Gasteiger partial charge < -0.3 is 19.9 Å². The number of alkyl halides is 3. The van der Waals surface area contributed by atoms with Crippen LogP contribution >= 0.6 is 0 Å². The van der Waals surface area contributed by atoms with Gasteiger partial charge in [-0.05, 0) is 42.3 Å². The Morgan fingerprint density at radius 3 is 2.78 bits per heavy atom. The van der Waals surface area contributed by atoms with Crippen LogP contribution in [0.4, 0.5) is 24.5 Å². The maximum absolute atomic E-state index is 13.3. The molecule has 170 valence electrons. The molecule has 1 fully saturated rings. The SMILES string of the molecule is C=CCNC(=O)[C@@H]1Cc2cc(C(F)(F)F)ccc2N2CCN(c3cccc(OC)c3)C[C@@H]12. The topological polar surface area (TPSA) is 44.8 Å². The van der Waals surface area contributed by atoms with E-state index < -0.39 is 17.7 Å². The van der Waals surface area contributed by atoms with Crippen molar-refractivity contribution in [3.8, 4) is 5.75 Å². The lowest BCUT2D eigenvalue weighted by Crippen LogP contribution is -2.61. The number of nitrogens with zero attached hydrogens (tertiary/aromatic N) is 2. The zero-order valence-electron chi connectivity index (χ0n) is 17.9. The smallest absolute Gasteiger partial charge is 0.416 e. The molecule has 2 heterocycles. The molecule has 2 aliphatic rings. The first-order valence-electron chi connectivity index (χ1n) is 10.6. The molecule has 0 unspecified atom stereocenters. The summed E-state index contributed by atoms with van der Waals surface area (Å²) in [4.78, 5) is 17.3. The summed E-state index contributed by atoms with van der Waals surface area (Å²) in [5, 5.41) is 2.84. The normalized spacial score (nSPS) is 20.2. The molecule has 32 heavy (non-hydrogen) atoms. The van der Waals surface area contributed by atoms with Gasteiger partial charge >= 0.3 is 6.18 Å². The Balaban J connectivity index is 1.67. The van der Waals surface area contributed by atoms with Crippen molar-refractivity contribution >= 4 is 17.3 Å². The standard InChI is InChI=1S/C24H26F3N3O2/c1-3-9-28-23(31)20-13-16-12-17(24(25,26)27)7-8-21(16)30-11-10-29(15-22(20)30)18-5-4-6-19(14-18)32-2/h3-8,12,14,20,22H,1,9-11,13,15H2,2H3,(H,28,31)/t20-,22+/m1/s1. The van der Waals surface area contributed by atoms with Gasteiger partial charge in [0.1, 0.15) is 5.75 Å². The Morgan fingerprint density at radius 1 is 1.25 bits per heavy atom. The molecule has 0 bridgehead atoms. The number of halogens is 3. The van der Waals surface area contributed by atoms with Gasteiger partial charge in [0.2, 0.25) is 5.91 Å². The van der Waals surface area contributed by atoms with Gasteiger partial charge in [0.25, 0.3) is 0 Å². The molecule has 0 aliphatic carbocycles. The number of rotatable bonds is 5. The number of carbonyl (C=O) groups is 1. The lowest BCUT2D eigenvalue weighted by atomic mass is 9.82. The van der Waals surface area contributed by atoms with Crippen LogP contribution in [0.3, 0.4) is 0 Å². The van der Waals surface area contributed by atoms with Crippen LogP contribution in [-0.2, 0) is 17.4 Å². The summed E-state index contributed by atoms with van der Waals surface area (Å²) in [5.74, 6) is 0.105. The highest BCUT2D eigenvalue weighted by atomic mass is 19.4. The van der Waals surface area contributed by atoms with Crippen LogP contribution in [0.15, 0.2) is 55.1 Å². The summed E-state index contributed by atoms with van der Waals surface area (Å²) in [6.07, 6.45) is -2.56. The molecule has 1 saturated heterocycles. The van der Waals surface area contributed by atoms with E-state index in [-0.39, 0.29) is 18.4 Å². The number of carbonyl (C=O) groups excluding carboxylic acids is 1. The third-order valence-corrected chi connectivity index (χ3v) is 6.22. The van der Waals surface area contributed by atoms with E-state index in [9.17, 15) is 18.0 Å². The lowest BCUT2D eigenvalue weighted by Gasteiger charge is -2.49. The minimum atomic E-state index is -4.42. The van der Waals surface area contributed by atoms with Crippen molar-refractivity contribution in [2.24, 2.45) is 5.92 Å². The molecule has 4 rings (SSSR count). The van der Waals surface area contributed by atoms with Crippen molar-refractivity contribution in [1.82, 2.24) is 5.32 Å². The van der Waals surface area contributed by atoms with Crippen LogP contribution < -0.4 is 19.9 Å². The van der Waals surface area contributed by atoms with E-state index >= 15 is 0 Å². The number of ether oxygens (including phenoxy) is 1. The number of hydrogen-bond acceptors (Lipinski definition) is 4. The van der Waals surface area contributed by atoms with Gasteiger partial charge in [-0.2, -0.15) is 13.2 Å². The molecule has 5 nitrogen and oxygen atoms in total. The van der Waals surface area contributed by atoms with Crippen molar-refractivity contribution < 1.29 is 22.7 Å². The molecule has 2 aromatic rings. The Labute approximate surface area is 185 Å². The van der Waals surface area contributed by atoms with Crippen molar-refractivity contribution in [3.05, 3.63) is 66.2 Å². The van der Waals surface area contributed by atoms with Crippen LogP contribution in [0.2, 0.25) is 0 Å². The number of anilines is 2. The van der Waals surface area contributed by atoms with Crippen LogP contribution in [-0.4, -0.2) is 45.2 Å². The van der Waals surface area contributed by atoms with E-state index in [0.717, 1.165) is 23.2 Å². The van der Waals surface area contributed by atoms with E-state index in [1.807, 2.05) is 24.3 Å². The number of amides is 1. The maximum Gasteiger partial charge on any atom is 0.416 e. The van der Waals surface area contributed by atoms with Gasteiger partial charge in [-0.3, -0.25) is 4.79 Å². The van der Waals surface area contributed by atoms with E-state index in [0.29, 0.717) is 31.7 Å². The number of fused-ring (bicyclic) bond motifs is 3.